The molecule has 1 unspecified atom stereocenters. The van der Waals surface area contributed by atoms with Gasteiger partial charge in [-0.3, -0.25) is 9.58 Å². The Balaban J connectivity index is 1.38. The summed E-state index contributed by atoms with van der Waals surface area (Å²) in [5, 5.41) is 28.3. The molecule has 5 nitrogen and oxygen atoms in total. The number of aromatic nitrogens is 2. The van der Waals surface area contributed by atoms with Crippen molar-refractivity contribution in [2.75, 3.05) is 13.1 Å². The van der Waals surface area contributed by atoms with Gasteiger partial charge >= 0.3 is 0 Å². The number of nitrogens with zero attached hydrogens (tertiary/aromatic N) is 3. The highest BCUT2D eigenvalue weighted by molar-refractivity contribution is 5.52. The lowest BCUT2D eigenvalue weighted by Gasteiger charge is -2.63. The lowest BCUT2D eigenvalue weighted by molar-refractivity contribution is -0.152. The van der Waals surface area contributed by atoms with Gasteiger partial charge in [0.2, 0.25) is 0 Å². The maximum absolute atomic E-state index is 12.7. The third-order valence-corrected chi connectivity index (χ3v) is 9.80. The molecule has 4 aliphatic carbocycles. The Morgan fingerprint density at radius 3 is 2.72 bits per heavy atom. The summed E-state index contributed by atoms with van der Waals surface area (Å²) < 4.78 is 2.31. The van der Waals surface area contributed by atoms with E-state index in [0.29, 0.717) is 18.2 Å². The first-order chi connectivity index (χ1) is 15.5. The van der Waals surface area contributed by atoms with Crippen molar-refractivity contribution in [2.24, 2.45) is 5.92 Å². The molecule has 32 heavy (non-hydrogen) atoms. The minimum Gasteiger partial charge on any atom is -0.508 e. The molecular weight excluding hydrogens is 398 g/mol. The minimum atomic E-state index is -0.803. The van der Waals surface area contributed by atoms with E-state index in [1.807, 2.05) is 12.1 Å². The van der Waals surface area contributed by atoms with Gasteiger partial charge in [-0.25, -0.2) is 0 Å². The maximum atomic E-state index is 12.7. The number of piperidine rings is 1. The summed E-state index contributed by atoms with van der Waals surface area (Å²) in [5.41, 5.74) is 5.13. The van der Waals surface area contributed by atoms with Gasteiger partial charge in [0.1, 0.15) is 5.75 Å². The fourth-order valence-corrected chi connectivity index (χ4v) is 7.91. The Morgan fingerprint density at radius 2 is 1.94 bits per heavy atom. The van der Waals surface area contributed by atoms with Crippen molar-refractivity contribution in [3.05, 3.63) is 46.3 Å². The highest BCUT2D eigenvalue weighted by Crippen LogP contribution is 2.58. The molecular formula is C27H35N3O2. The summed E-state index contributed by atoms with van der Waals surface area (Å²) in [7, 11) is 0. The first-order valence-corrected chi connectivity index (χ1v) is 12.8. The van der Waals surface area contributed by atoms with Crippen LogP contribution in [0.5, 0.6) is 5.75 Å². The van der Waals surface area contributed by atoms with Crippen LogP contribution in [0.2, 0.25) is 0 Å². The summed E-state index contributed by atoms with van der Waals surface area (Å²) in [5.74, 6) is 1.14. The molecule has 0 amide bonds. The van der Waals surface area contributed by atoms with Crippen LogP contribution in [0.25, 0.3) is 0 Å². The molecule has 0 radical (unpaired) electrons. The molecule has 3 atom stereocenters. The largest absolute Gasteiger partial charge is 0.508 e. The molecule has 1 saturated heterocycles. The van der Waals surface area contributed by atoms with Gasteiger partial charge in [0.25, 0.3) is 0 Å². The van der Waals surface area contributed by atoms with Gasteiger partial charge in [-0.1, -0.05) is 18.9 Å². The summed E-state index contributed by atoms with van der Waals surface area (Å²) in [4.78, 5) is 2.62. The zero-order valence-electron chi connectivity index (χ0n) is 19.2. The van der Waals surface area contributed by atoms with E-state index in [-0.39, 0.29) is 11.5 Å². The van der Waals surface area contributed by atoms with E-state index >= 15 is 0 Å². The lowest BCUT2D eigenvalue weighted by atomic mass is 9.49. The Kier molecular flexibility index (Phi) is 4.04. The van der Waals surface area contributed by atoms with Crippen LogP contribution >= 0.6 is 0 Å². The van der Waals surface area contributed by atoms with Crippen molar-refractivity contribution in [1.82, 2.24) is 14.7 Å². The van der Waals surface area contributed by atoms with Gasteiger partial charge in [0, 0.05) is 36.5 Å². The van der Waals surface area contributed by atoms with Crippen molar-refractivity contribution in [3.8, 4) is 5.75 Å². The molecule has 5 heteroatoms. The van der Waals surface area contributed by atoms with E-state index in [0.717, 1.165) is 38.3 Å². The fourth-order valence-electron chi connectivity index (χ4n) is 7.91. The molecule has 2 heterocycles. The number of aliphatic hydroxyl groups is 1. The third-order valence-electron chi connectivity index (χ3n) is 9.80. The SMILES string of the molecule is Cc1c2c(nn1C1CCCC1)C[C@@]13CCN(CC4CC4)C(Cc4ccc(O)cc41)[C@@]3(O)C2. The quantitative estimate of drug-likeness (QED) is 0.773. The zero-order chi connectivity index (χ0) is 21.7. The van der Waals surface area contributed by atoms with Crippen molar-refractivity contribution in [2.45, 2.75) is 94.2 Å². The number of rotatable bonds is 3. The molecule has 0 spiro atoms. The van der Waals surface area contributed by atoms with Gasteiger partial charge in [-0.2, -0.15) is 5.10 Å². The number of fused-ring (bicyclic) bond motifs is 2. The molecule has 1 aromatic carbocycles. The first kappa shape index (κ1) is 19.6. The lowest BCUT2D eigenvalue weighted by Crippen LogP contribution is -2.74. The van der Waals surface area contributed by atoms with Gasteiger partial charge in [0.15, 0.2) is 0 Å². The molecule has 3 fully saturated rings. The number of phenols is 1. The standard InChI is InChI=1S/C27H35N3O2/c1-17-22-14-27(32)25-12-19-8-9-21(31)13-23(19)26(27,10-11-29(25)16-18-6-7-18)15-24(22)28-30(17)20-4-2-3-5-20/h8-9,13,18,20,25,31-32H,2-7,10-12,14-16H2,1H3/t25?,26-,27-/m0/s1. The second-order valence-electron chi connectivity index (χ2n) is 11.5. The average molecular weight is 434 g/mol. The number of benzene rings is 1. The second kappa shape index (κ2) is 6.60. The molecule has 1 aromatic heterocycles. The molecule has 1 aliphatic heterocycles. The molecule has 2 aromatic rings. The molecule has 5 aliphatic rings. The highest BCUT2D eigenvalue weighted by Gasteiger charge is 2.65. The number of likely N-dealkylation sites (tertiary alicyclic amines) is 1. The summed E-state index contributed by atoms with van der Waals surface area (Å²) in [6.07, 6.45) is 11.1. The smallest absolute Gasteiger partial charge is 0.115 e. The fraction of sp³-hybridized carbons (Fsp3) is 0.667. The summed E-state index contributed by atoms with van der Waals surface area (Å²) >= 11 is 0. The zero-order valence-corrected chi connectivity index (χ0v) is 19.2. The molecule has 2 saturated carbocycles. The average Bonchev–Trinajstić information content (AvgIpc) is 3.31. The molecule has 2 N–H and O–H groups in total. The minimum absolute atomic E-state index is 0.149. The third kappa shape index (κ3) is 2.55. The van der Waals surface area contributed by atoms with Crippen LogP contribution in [0, 0.1) is 12.8 Å². The van der Waals surface area contributed by atoms with E-state index in [4.69, 9.17) is 5.10 Å². The predicted molar refractivity (Wildman–Crippen MR) is 123 cm³/mol. The van der Waals surface area contributed by atoms with E-state index in [1.54, 1.807) is 0 Å². The van der Waals surface area contributed by atoms with Crippen LogP contribution < -0.4 is 0 Å². The van der Waals surface area contributed by atoms with Gasteiger partial charge in [-0.05, 0) is 86.7 Å². The second-order valence-corrected chi connectivity index (χ2v) is 11.5. The Morgan fingerprint density at radius 1 is 1.12 bits per heavy atom. The molecule has 170 valence electrons. The summed E-state index contributed by atoms with van der Waals surface area (Å²) in [6, 6.07) is 6.57. The number of phenolic OH excluding ortho intramolecular Hbond substituents is 1. The van der Waals surface area contributed by atoms with Crippen LogP contribution in [0.1, 0.15) is 79.1 Å². The Bertz CT molecular complexity index is 1080. The van der Waals surface area contributed by atoms with Crippen molar-refractivity contribution in [3.63, 3.8) is 0 Å². The van der Waals surface area contributed by atoms with E-state index in [2.05, 4.69) is 22.6 Å². The molecule has 7 rings (SSSR count). The Hall–Kier alpha value is -1.85. The molecule has 2 bridgehead atoms. The number of hydrogen-bond donors (Lipinski definition) is 2. The van der Waals surface area contributed by atoms with Gasteiger partial charge in [-0.15, -0.1) is 0 Å². The van der Waals surface area contributed by atoms with Crippen molar-refractivity contribution >= 4 is 0 Å². The van der Waals surface area contributed by atoms with Crippen LogP contribution in [-0.2, 0) is 24.7 Å². The van der Waals surface area contributed by atoms with Crippen LogP contribution in [0.3, 0.4) is 0 Å². The first-order valence-electron chi connectivity index (χ1n) is 12.8. The van der Waals surface area contributed by atoms with E-state index in [1.165, 1.54) is 66.6 Å². The maximum Gasteiger partial charge on any atom is 0.115 e. The Labute approximate surface area is 190 Å². The van der Waals surface area contributed by atoms with Crippen molar-refractivity contribution < 1.29 is 10.2 Å². The number of hydrogen-bond acceptors (Lipinski definition) is 4. The van der Waals surface area contributed by atoms with Gasteiger partial charge in [0.05, 0.1) is 17.3 Å². The number of aromatic hydroxyl groups is 1. The van der Waals surface area contributed by atoms with Crippen molar-refractivity contribution in [1.29, 1.82) is 0 Å². The summed E-state index contributed by atoms with van der Waals surface area (Å²) in [6.45, 7) is 4.39. The topological polar surface area (TPSA) is 61.5 Å². The van der Waals surface area contributed by atoms with E-state index < -0.39 is 5.60 Å². The normalized spacial score (nSPS) is 34.2. The van der Waals surface area contributed by atoms with E-state index in [9.17, 15) is 10.2 Å². The van der Waals surface area contributed by atoms with Crippen LogP contribution in [0.15, 0.2) is 18.2 Å². The van der Waals surface area contributed by atoms with Crippen LogP contribution in [-0.4, -0.2) is 49.6 Å². The predicted octanol–water partition coefficient (Wildman–Crippen LogP) is 3.82. The van der Waals surface area contributed by atoms with Gasteiger partial charge < -0.3 is 10.2 Å². The highest BCUT2D eigenvalue weighted by atomic mass is 16.3. The van der Waals surface area contributed by atoms with Crippen LogP contribution in [0.4, 0.5) is 0 Å². The monoisotopic (exact) mass is 433 g/mol.